The molecular formula is C15H20O4. The van der Waals surface area contributed by atoms with Crippen molar-refractivity contribution in [2.45, 2.75) is 27.2 Å². The van der Waals surface area contributed by atoms with E-state index in [9.17, 15) is 9.59 Å². The molecule has 104 valence electrons. The zero-order chi connectivity index (χ0) is 14.5. The van der Waals surface area contributed by atoms with Crippen molar-refractivity contribution in [3.63, 3.8) is 0 Å². The number of hydrogen-bond acceptors (Lipinski definition) is 4. The van der Waals surface area contributed by atoms with Crippen LogP contribution < -0.4 is 4.74 Å². The van der Waals surface area contributed by atoms with Gasteiger partial charge in [-0.15, -0.1) is 0 Å². The second-order valence-corrected chi connectivity index (χ2v) is 4.94. The third-order valence-corrected chi connectivity index (χ3v) is 2.82. The Labute approximate surface area is 113 Å². The van der Waals surface area contributed by atoms with Gasteiger partial charge in [-0.05, 0) is 32.9 Å². The maximum Gasteiger partial charge on any atom is 0.311 e. The van der Waals surface area contributed by atoms with Crippen LogP contribution in [-0.2, 0) is 9.53 Å². The number of esters is 1. The largest absolute Gasteiger partial charge is 0.497 e. The van der Waals surface area contributed by atoms with Gasteiger partial charge in [-0.1, -0.05) is 12.1 Å². The zero-order valence-electron chi connectivity index (χ0n) is 11.9. The lowest BCUT2D eigenvalue weighted by Gasteiger charge is -2.21. The summed E-state index contributed by atoms with van der Waals surface area (Å²) in [5.74, 6) is 0.169. The molecule has 0 heterocycles. The van der Waals surface area contributed by atoms with Crippen molar-refractivity contribution in [3.05, 3.63) is 29.8 Å². The normalized spacial score (nSPS) is 10.9. The smallest absolute Gasteiger partial charge is 0.311 e. The number of rotatable bonds is 6. The Morgan fingerprint density at radius 3 is 2.53 bits per heavy atom. The Balaban J connectivity index is 2.81. The average molecular weight is 264 g/mol. The van der Waals surface area contributed by atoms with Crippen LogP contribution in [0.5, 0.6) is 5.75 Å². The van der Waals surface area contributed by atoms with Gasteiger partial charge < -0.3 is 9.47 Å². The minimum absolute atomic E-state index is 0.100. The molecule has 1 rings (SSSR count). The van der Waals surface area contributed by atoms with Gasteiger partial charge in [-0.3, -0.25) is 9.59 Å². The fourth-order valence-corrected chi connectivity index (χ4v) is 1.70. The van der Waals surface area contributed by atoms with E-state index >= 15 is 0 Å². The molecule has 19 heavy (non-hydrogen) atoms. The van der Waals surface area contributed by atoms with Crippen LogP contribution in [0.25, 0.3) is 0 Å². The number of ether oxygens (including phenoxy) is 2. The number of methoxy groups -OCH3 is 1. The summed E-state index contributed by atoms with van der Waals surface area (Å²) in [4.78, 5) is 23.9. The lowest BCUT2D eigenvalue weighted by atomic mass is 9.85. The first kappa shape index (κ1) is 15.2. The van der Waals surface area contributed by atoms with Crippen LogP contribution in [0.2, 0.25) is 0 Å². The van der Waals surface area contributed by atoms with Crippen molar-refractivity contribution in [2.75, 3.05) is 13.7 Å². The van der Waals surface area contributed by atoms with Crippen molar-refractivity contribution in [1.82, 2.24) is 0 Å². The second kappa shape index (κ2) is 6.36. The summed E-state index contributed by atoms with van der Waals surface area (Å²) in [6.45, 7) is 5.49. The topological polar surface area (TPSA) is 52.6 Å². The van der Waals surface area contributed by atoms with E-state index in [0.717, 1.165) is 0 Å². The van der Waals surface area contributed by atoms with Gasteiger partial charge in [0.1, 0.15) is 5.75 Å². The molecule has 1 aromatic rings. The first-order valence-electron chi connectivity index (χ1n) is 6.25. The highest BCUT2D eigenvalue weighted by molar-refractivity contribution is 5.99. The monoisotopic (exact) mass is 264 g/mol. The summed E-state index contributed by atoms with van der Waals surface area (Å²) in [5, 5.41) is 0. The van der Waals surface area contributed by atoms with Gasteiger partial charge in [0.25, 0.3) is 0 Å². The lowest BCUT2D eigenvalue weighted by molar-refractivity contribution is -0.153. The fraction of sp³-hybridized carbons (Fsp3) is 0.467. The molecule has 4 nitrogen and oxygen atoms in total. The average Bonchev–Trinajstić information content (AvgIpc) is 2.38. The van der Waals surface area contributed by atoms with Crippen LogP contribution in [-0.4, -0.2) is 25.5 Å². The van der Waals surface area contributed by atoms with Crippen molar-refractivity contribution in [1.29, 1.82) is 0 Å². The van der Waals surface area contributed by atoms with Crippen molar-refractivity contribution < 1.29 is 19.1 Å². The molecular weight excluding hydrogens is 244 g/mol. The first-order chi connectivity index (χ1) is 8.90. The van der Waals surface area contributed by atoms with E-state index in [1.165, 1.54) is 0 Å². The minimum Gasteiger partial charge on any atom is -0.497 e. The van der Waals surface area contributed by atoms with Gasteiger partial charge in [0, 0.05) is 12.0 Å². The van der Waals surface area contributed by atoms with E-state index in [1.54, 1.807) is 52.1 Å². The molecule has 0 N–H and O–H groups in total. The molecule has 0 atom stereocenters. The summed E-state index contributed by atoms with van der Waals surface area (Å²) in [7, 11) is 1.55. The molecule has 0 unspecified atom stereocenters. The maximum absolute atomic E-state index is 12.2. The molecule has 0 aliphatic heterocycles. The highest BCUT2D eigenvalue weighted by Gasteiger charge is 2.32. The molecule has 0 radical (unpaired) electrons. The Morgan fingerprint density at radius 1 is 1.26 bits per heavy atom. The first-order valence-corrected chi connectivity index (χ1v) is 6.25. The second-order valence-electron chi connectivity index (χ2n) is 4.94. The van der Waals surface area contributed by atoms with E-state index in [-0.39, 0.29) is 18.2 Å². The van der Waals surface area contributed by atoms with Crippen molar-refractivity contribution in [2.24, 2.45) is 5.41 Å². The summed E-state index contributed by atoms with van der Waals surface area (Å²) >= 11 is 0. The quantitative estimate of drug-likeness (QED) is 0.585. The van der Waals surface area contributed by atoms with Gasteiger partial charge in [-0.25, -0.2) is 0 Å². The van der Waals surface area contributed by atoms with Crippen LogP contribution >= 0.6 is 0 Å². The SMILES string of the molecule is CCOC(=O)C(C)(C)CC(=O)c1cccc(OC)c1. The number of benzene rings is 1. The van der Waals surface area contributed by atoms with Gasteiger partial charge >= 0.3 is 5.97 Å². The van der Waals surface area contributed by atoms with E-state index < -0.39 is 5.41 Å². The fourth-order valence-electron chi connectivity index (χ4n) is 1.70. The predicted molar refractivity (Wildman–Crippen MR) is 72.4 cm³/mol. The maximum atomic E-state index is 12.2. The zero-order valence-corrected chi connectivity index (χ0v) is 11.9. The van der Waals surface area contributed by atoms with E-state index in [1.807, 2.05) is 0 Å². The molecule has 0 saturated carbocycles. The summed E-state index contributed by atoms with van der Waals surface area (Å²) in [6, 6.07) is 6.91. The van der Waals surface area contributed by atoms with E-state index in [2.05, 4.69) is 0 Å². The van der Waals surface area contributed by atoms with Gasteiger partial charge in [0.2, 0.25) is 0 Å². The molecule has 0 aromatic heterocycles. The molecule has 4 heteroatoms. The highest BCUT2D eigenvalue weighted by Crippen LogP contribution is 2.25. The van der Waals surface area contributed by atoms with E-state index in [4.69, 9.17) is 9.47 Å². The standard InChI is InChI=1S/C15H20O4/c1-5-19-14(17)15(2,3)10-13(16)11-7-6-8-12(9-11)18-4/h6-9H,5,10H2,1-4H3. The molecule has 1 aromatic carbocycles. The van der Waals surface area contributed by atoms with Crippen LogP contribution in [0, 0.1) is 5.41 Å². The lowest BCUT2D eigenvalue weighted by Crippen LogP contribution is -2.29. The molecule has 0 aliphatic carbocycles. The van der Waals surface area contributed by atoms with Gasteiger partial charge in [0.15, 0.2) is 5.78 Å². The van der Waals surface area contributed by atoms with Crippen LogP contribution in [0.1, 0.15) is 37.6 Å². The van der Waals surface area contributed by atoms with Crippen LogP contribution in [0.4, 0.5) is 0 Å². The number of ketones is 1. The number of carbonyl (C=O) groups is 2. The van der Waals surface area contributed by atoms with E-state index in [0.29, 0.717) is 17.9 Å². The molecule has 0 spiro atoms. The van der Waals surface area contributed by atoms with Crippen LogP contribution in [0.15, 0.2) is 24.3 Å². The molecule has 0 saturated heterocycles. The van der Waals surface area contributed by atoms with Crippen molar-refractivity contribution in [3.8, 4) is 5.75 Å². The minimum atomic E-state index is -0.823. The predicted octanol–water partition coefficient (Wildman–Crippen LogP) is 2.86. The Kier molecular flexibility index (Phi) is 5.10. The van der Waals surface area contributed by atoms with Crippen LogP contribution in [0.3, 0.4) is 0 Å². The number of Topliss-reactive ketones (excluding diaryl/α,β-unsaturated/α-hetero) is 1. The molecule has 0 aliphatic rings. The highest BCUT2D eigenvalue weighted by atomic mass is 16.5. The van der Waals surface area contributed by atoms with Gasteiger partial charge in [-0.2, -0.15) is 0 Å². The summed E-state index contributed by atoms with van der Waals surface area (Å²) < 4.78 is 10.0. The summed E-state index contributed by atoms with van der Waals surface area (Å²) in [5.41, 5.74) is -0.285. The van der Waals surface area contributed by atoms with Crippen molar-refractivity contribution >= 4 is 11.8 Å². The third kappa shape index (κ3) is 4.09. The number of hydrogen-bond donors (Lipinski definition) is 0. The Bertz CT molecular complexity index is 463. The number of carbonyl (C=O) groups excluding carboxylic acids is 2. The third-order valence-electron chi connectivity index (χ3n) is 2.82. The molecule has 0 amide bonds. The Hall–Kier alpha value is -1.84. The molecule has 0 fully saturated rings. The van der Waals surface area contributed by atoms with Gasteiger partial charge in [0.05, 0.1) is 19.1 Å². The Morgan fingerprint density at radius 2 is 1.95 bits per heavy atom. The molecule has 0 bridgehead atoms. The summed E-state index contributed by atoms with van der Waals surface area (Å²) in [6.07, 6.45) is 0.110.